The topological polar surface area (TPSA) is 104 Å². The van der Waals surface area contributed by atoms with E-state index in [-0.39, 0.29) is 18.6 Å². The Morgan fingerprint density at radius 3 is 3.00 bits per heavy atom. The van der Waals surface area contributed by atoms with Crippen LogP contribution in [0.4, 0.5) is 0 Å². The van der Waals surface area contributed by atoms with E-state index in [2.05, 4.69) is 17.0 Å². The molecule has 20 heavy (non-hydrogen) atoms. The summed E-state index contributed by atoms with van der Waals surface area (Å²) < 4.78 is 5.92. The SMILES string of the molecule is CC1C=C2C(N)=NC=NN2C1[C@@]1(C)C[C@H](O)[C@@H](CO)O1. The Morgan fingerprint density at radius 2 is 2.35 bits per heavy atom. The number of rotatable bonds is 2. The zero-order chi connectivity index (χ0) is 14.5. The van der Waals surface area contributed by atoms with E-state index < -0.39 is 17.8 Å². The molecule has 110 valence electrons. The number of hydrogen-bond donors (Lipinski definition) is 3. The number of hydrogen-bond acceptors (Lipinski definition) is 7. The van der Waals surface area contributed by atoms with Gasteiger partial charge in [0.25, 0.3) is 0 Å². The monoisotopic (exact) mass is 280 g/mol. The number of aliphatic imine (C=N–C) groups is 1. The average Bonchev–Trinajstić information content (AvgIpc) is 2.88. The van der Waals surface area contributed by atoms with Crippen molar-refractivity contribution in [2.24, 2.45) is 21.7 Å². The number of amidine groups is 1. The van der Waals surface area contributed by atoms with Crippen LogP contribution in [0, 0.1) is 5.92 Å². The lowest BCUT2D eigenvalue weighted by atomic mass is 9.85. The van der Waals surface area contributed by atoms with Crippen LogP contribution in [0.25, 0.3) is 0 Å². The average molecular weight is 280 g/mol. The summed E-state index contributed by atoms with van der Waals surface area (Å²) in [4.78, 5) is 4.00. The van der Waals surface area contributed by atoms with Crippen LogP contribution < -0.4 is 5.73 Å². The Balaban J connectivity index is 1.89. The second-order valence-electron chi connectivity index (χ2n) is 5.87. The highest BCUT2D eigenvalue weighted by atomic mass is 16.5. The maximum atomic E-state index is 10.0. The third kappa shape index (κ3) is 1.85. The molecular formula is C13H20N4O3. The van der Waals surface area contributed by atoms with Gasteiger partial charge in [-0.2, -0.15) is 5.10 Å². The first-order chi connectivity index (χ1) is 9.46. The van der Waals surface area contributed by atoms with Gasteiger partial charge in [0.15, 0.2) is 5.84 Å². The quantitative estimate of drug-likeness (QED) is 0.627. The van der Waals surface area contributed by atoms with Gasteiger partial charge in [0, 0.05) is 12.3 Å². The number of aliphatic hydroxyl groups excluding tert-OH is 2. The first-order valence-electron chi connectivity index (χ1n) is 6.80. The van der Waals surface area contributed by atoms with E-state index in [9.17, 15) is 10.2 Å². The van der Waals surface area contributed by atoms with Crippen molar-refractivity contribution < 1.29 is 14.9 Å². The van der Waals surface area contributed by atoms with Crippen LogP contribution in [-0.2, 0) is 4.74 Å². The van der Waals surface area contributed by atoms with E-state index in [0.29, 0.717) is 12.3 Å². The van der Waals surface area contributed by atoms with Gasteiger partial charge in [-0.05, 0) is 6.92 Å². The van der Waals surface area contributed by atoms with Crippen molar-refractivity contribution in [3.8, 4) is 0 Å². The molecule has 0 aromatic heterocycles. The van der Waals surface area contributed by atoms with Gasteiger partial charge in [0.2, 0.25) is 0 Å². The maximum Gasteiger partial charge on any atom is 0.150 e. The predicted octanol–water partition coefficient (Wildman–Crippen LogP) is -0.595. The number of nitrogens with zero attached hydrogens (tertiary/aromatic N) is 3. The van der Waals surface area contributed by atoms with E-state index in [4.69, 9.17) is 10.5 Å². The third-order valence-corrected chi connectivity index (χ3v) is 4.33. The number of ether oxygens (including phenoxy) is 1. The molecule has 1 fully saturated rings. The molecule has 7 heteroatoms. The third-order valence-electron chi connectivity index (χ3n) is 4.33. The molecule has 3 heterocycles. The van der Waals surface area contributed by atoms with E-state index in [1.54, 1.807) is 0 Å². The molecule has 7 nitrogen and oxygen atoms in total. The van der Waals surface area contributed by atoms with Crippen molar-refractivity contribution in [3.05, 3.63) is 11.8 Å². The van der Waals surface area contributed by atoms with Gasteiger partial charge in [-0.3, -0.25) is 5.01 Å². The number of hydrazone groups is 1. The Hall–Kier alpha value is -1.44. The van der Waals surface area contributed by atoms with Crippen molar-refractivity contribution in [1.29, 1.82) is 0 Å². The molecule has 0 aliphatic carbocycles. The second kappa shape index (κ2) is 4.54. The predicted molar refractivity (Wildman–Crippen MR) is 74.0 cm³/mol. The zero-order valence-corrected chi connectivity index (χ0v) is 11.6. The van der Waals surface area contributed by atoms with Crippen molar-refractivity contribution >= 4 is 12.2 Å². The summed E-state index contributed by atoms with van der Waals surface area (Å²) in [6.07, 6.45) is 2.69. The molecule has 0 bridgehead atoms. The van der Waals surface area contributed by atoms with E-state index in [0.717, 1.165) is 5.70 Å². The molecule has 0 aromatic rings. The minimum Gasteiger partial charge on any atom is -0.394 e. The summed E-state index contributed by atoms with van der Waals surface area (Å²) in [6, 6.07) is -0.0750. The highest BCUT2D eigenvalue weighted by Crippen LogP contribution is 2.43. The van der Waals surface area contributed by atoms with Crippen LogP contribution in [0.3, 0.4) is 0 Å². The maximum absolute atomic E-state index is 10.0. The highest BCUT2D eigenvalue weighted by molar-refractivity contribution is 6.02. The van der Waals surface area contributed by atoms with E-state index in [1.807, 2.05) is 18.0 Å². The zero-order valence-electron chi connectivity index (χ0n) is 11.6. The fourth-order valence-corrected chi connectivity index (χ4v) is 3.52. The molecule has 0 aromatic carbocycles. The van der Waals surface area contributed by atoms with Crippen molar-refractivity contribution in [1.82, 2.24) is 5.01 Å². The van der Waals surface area contributed by atoms with Crippen LogP contribution in [0.15, 0.2) is 21.9 Å². The van der Waals surface area contributed by atoms with E-state index in [1.165, 1.54) is 6.34 Å². The first kappa shape index (κ1) is 13.5. The standard InChI is InChI=1S/C13H20N4O3/c1-7-3-8-12(14)15-6-16-17(8)11(7)13(2)4-9(19)10(5-18)20-13/h3,6-7,9-11,18-19H,4-5H2,1-2H3,(H2,14,15,16)/t7?,9-,10+,11?,13+/m0/s1. The lowest BCUT2D eigenvalue weighted by molar-refractivity contribution is -0.0998. The summed E-state index contributed by atoms with van der Waals surface area (Å²) >= 11 is 0. The number of aliphatic hydroxyl groups is 2. The van der Waals surface area contributed by atoms with Gasteiger partial charge in [-0.15, -0.1) is 0 Å². The summed E-state index contributed by atoms with van der Waals surface area (Å²) in [7, 11) is 0. The van der Waals surface area contributed by atoms with Crippen LogP contribution in [0.2, 0.25) is 0 Å². The Morgan fingerprint density at radius 1 is 1.60 bits per heavy atom. The Kier molecular flexibility index (Phi) is 3.07. The molecule has 0 spiro atoms. The molecule has 3 aliphatic heterocycles. The van der Waals surface area contributed by atoms with Crippen molar-refractivity contribution in [2.45, 2.75) is 44.1 Å². The summed E-state index contributed by atoms with van der Waals surface area (Å²) in [6.45, 7) is 3.82. The van der Waals surface area contributed by atoms with Crippen LogP contribution in [0.5, 0.6) is 0 Å². The van der Waals surface area contributed by atoms with Crippen LogP contribution in [0.1, 0.15) is 20.3 Å². The molecule has 5 atom stereocenters. The molecule has 3 rings (SSSR count). The minimum atomic E-state index is -0.666. The number of fused-ring (bicyclic) bond motifs is 1. The molecule has 3 aliphatic rings. The molecule has 1 saturated heterocycles. The fraction of sp³-hybridized carbons (Fsp3) is 0.692. The minimum absolute atomic E-state index is 0.0750. The van der Waals surface area contributed by atoms with Gasteiger partial charge in [0.1, 0.15) is 12.4 Å². The molecular weight excluding hydrogens is 260 g/mol. The van der Waals surface area contributed by atoms with Crippen LogP contribution >= 0.6 is 0 Å². The largest absolute Gasteiger partial charge is 0.394 e. The van der Waals surface area contributed by atoms with Gasteiger partial charge < -0.3 is 20.7 Å². The normalized spacial score (nSPS) is 43.5. The van der Waals surface area contributed by atoms with Crippen molar-refractivity contribution in [3.63, 3.8) is 0 Å². The van der Waals surface area contributed by atoms with Crippen molar-refractivity contribution in [2.75, 3.05) is 6.61 Å². The molecule has 0 amide bonds. The highest BCUT2D eigenvalue weighted by Gasteiger charge is 2.53. The first-order valence-corrected chi connectivity index (χ1v) is 6.80. The van der Waals surface area contributed by atoms with Gasteiger partial charge >= 0.3 is 0 Å². The summed E-state index contributed by atoms with van der Waals surface area (Å²) in [5, 5.41) is 25.4. The number of nitrogens with two attached hydrogens (primary N) is 1. The van der Waals surface area contributed by atoms with E-state index >= 15 is 0 Å². The smallest absolute Gasteiger partial charge is 0.150 e. The second-order valence-corrected chi connectivity index (χ2v) is 5.87. The lowest BCUT2D eigenvalue weighted by Gasteiger charge is -2.39. The van der Waals surface area contributed by atoms with Gasteiger partial charge in [0.05, 0.1) is 30.1 Å². The fourth-order valence-electron chi connectivity index (χ4n) is 3.52. The Bertz CT molecular complexity index is 504. The van der Waals surface area contributed by atoms with Gasteiger partial charge in [-0.25, -0.2) is 4.99 Å². The van der Waals surface area contributed by atoms with Gasteiger partial charge in [-0.1, -0.05) is 13.0 Å². The summed E-state index contributed by atoms with van der Waals surface area (Å²) in [5.41, 5.74) is 6.08. The molecule has 4 N–H and O–H groups in total. The lowest BCUT2D eigenvalue weighted by Crippen LogP contribution is -2.50. The Labute approximate surface area is 117 Å². The molecule has 0 radical (unpaired) electrons. The molecule has 2 unspecified atom stereocenters. The van der Waals surface area contributed by atoms with Crippen LogP contribution in [-0.4, -0.2) is 57.9 Å². The summed E-state index contributed by atoms with van der Waals surface area (Å²) in [5.74, 6) is 0.596. The molecule has 0 saturated carbocycles.